The predicted molar refractivity (Wildman–Crippen MR) is 79.6 cm³/mol. The minimum atomic E-state index is 0.447. The van der Waals surface area contributed by atoms with E-state index >= 15 is 0 Å². The second-order valence-corrected chi connectivity index (χ2v) is 6.06. The van der Waals surface area contributed by atoms with Crippen LogP contribution in [-0.4, -0.2) is 41.5 Å². The van der Waals surface area contributed by atoms with Gasteiger partial charge in [0.05, 0.1) is 0 Å². The highest BCUT2D eigenvalue weighted by Gasteiger charge is 2.17. The minimum Gasteiger partial charge on any atom is -0.354 e. The van der Waals surface area contributed by atoms with Gasteiger partial charge in [-0.3, -0.25) is 0 Å². The molecular weight excluding hydrogens is 236 g/mol. The topological polar surface area (TPSA) is 41.1 Å². The maximum Gasteiger partial charge on any atom is 0.223 e. The number of rotatable bonds is 4. The SMILES string of the molecule is Cc1cc(C(C)C)nc(NCC2CCCN(C)C2)n1. The van der Waals surface area contributed by atoms with E-state index in [4.69, 9.17) is 0 Å². The number of piperidine rings is 1. The van der Waals surface area contributed by atoms with E-state index < -0.39 is 0 Å². The number of aryl methyl sites for hydroxylation is 1. The number of hydrogen-bond donors (Lipinski definition) is 1. The van der Waals surface area contributed by atoms with Crippen LogP contribution in [0.4, 0.5) is 5.95 Å². The summed E-state index contributed by atoms with van der Waals surface area (Å²) in [5.41, 5.74) is 2.16. The molecule has 0 aliphatic carbocycles. The molecule has 1 atom stereocenters. The lowest BCUT2D eigenvalue weighted by Crippen LogP contribution is -2.35. The third kappa shape index (κ3) is 4.16. The molecular formula is C15H26N4. The Morgan fingerprint density at radius 1 is 1.42 bits per heavy atom. The van der Waals surface area contributed by atoms with E-state index in [2.05, 4.69) is 47.1 Å². The lowest BCUT2D eigenvalue weighted by atomic mass is 9.99. The predicted octanol–water partition coefficient (Wildman–Crippen LogP) is 2.66. The second-order valence-electron chi connectivity index (χ2n) is 6.06. The molecule has 0 aromatic carbocycles. The van der Waals surface area contributed by atoms with Gasteiger partial charge in [-0.2, -0.15) is 0 Å². The fourth-order valence-corrected chi connectivity index (χ4v) is 2.64. The molecule has 1 N–H and O–H groups in total. The molecule has 0 spiro atoms. The zero-order chi connectivity index (χ0) is 13.8. The molecule has 1 aromatic rings. The molecule has 0 amide bonds. The van der Waals surface area contributed by atoms with Crippen molar-refractivity contribution in [3.8, 4) is 0 Å². The normalized spacial score (nSPS) is 20.8. The van der Waals surface area contributed by atoms with Gasteiger partial charge in [0.2, 0.25) is 5.95 Å². The molecule has 4 nitrogen and oxygen atoms in total. The average molecular weight is 262 g/mol. The molecule has 2 rings (SSSR count). The summed E-state index contributed by atoms with van der Waals surface area (Å²) in [6.45, 7) is 9.76. The summed E-state index contributed by atoms with van der Waals surface area (Å²) in [6, 6.07) is 2.07. The maximum atomic E-state index is 4.60. The van der Waals surface area contributed by atoms with Crippen LogP contribution in [0.5, 0.6) is 0 Å². The molecule has 1 unspecified atom stereocenters. The molecule has 1 aliphatic rings. The van der Waals surface area contributed by atoms with Crippen LogP contribution in [0.25, 0.3) is 0 Å². The summed E-state index contributed by atoms with van der Waals surface area (Å²) in [4.78, 5) is 11.5. The van der Waals surface area contributed by atoms with Crippen molar-refractivity contribution in [1.29, 1.82) is 0 Å². The Morgan fingerprint density at radius 3 is 2.89 bits per heavy atom. The Morgan fingerprint density at radius 2 is 2.21 bits per heavy atom. The van der Waals surface area contributed by atoms with Crippen LogP contribution in [0, 0.1) is 12.8 Å². The van der Waals surface area contributed by atoms with Gasteiger partial charge in [-0.1, -0.05) is 13.8 Å². The fourth-order valence-electron chi connectivity index (χ4n) is 2.64. The van der Waals surface area contributed by atoms with Crippen molar-refractivity contribution >= 4 is 5.95 Å². The Kier molecular flexibility index (Phi) is 4.75. The summed E-state index contributed by atoms with van der Waals surface area (Å²) in [6.07, 6.45) is 2.61. The van der Waals surface area contributed by atoms with Gasteiger partial charge in [0, 0.05) is 24.5 Å². The van der Waals surface area contributed by atoms with Crippen molar-refractivity contribution in [2.75, 3.05) is 32.0 Å². The highest BCUT2D eigenvalue weighted by molar-refractivity contribution is 5.29. The van der Waals surface area contributed by atoms with E-state index in [0.717, 1.165) is 23.9 Å². The van der Waals surface area contributed by atoms with Crippen LogP contribution in [0.1, 0.15) is 44.0 Å². The van der Waals surface area contributed by atoms with Crippen molar-refractivity contribution in [3.05, 3.63) is 17.5 Å². The van der Waals surface area contributed by atoms with Gasteiger partial charge in [-0.05, 0) is 51.3 Å². The molecule has 1 saturated heterocycles. The van der Waals surface area contributed by atoms with Crippen LogP contribution in [0.15, 0.2) is 6.07 Å². The van der Waals surface area contributed by atoms with Gasteiger partial charge < -0.3 is 10.2 Å². The van der Waals surface area contributed by atoms with Crippen molar-refractivity contribution < 1.29 is 0 Å². The van der Waals surface area contributed by atoms with Crippen molar-refractivity contribution in [3.63, 3.8) is 0 Å². The molecule has 0 saturated carbocycles. The highest BCUT2D eigenvalue weighted by atomic mass is 15.1. The zero-order valence-corrected chi connectivity index (χ0v) is 12.6. The lowest BCUT2D eigenvalue weighted by molar-refractivity contribution is 0.217. The molecule has 1 fully saturated rings. The monoisotopic (exact) mass is 262 g/mol. The first-order valence-corrected chi connectivity index (χ1v) is 7.32. The summed E-state index contributed by atoms with van der Waals surface area (Å²) in [5, 5.41) is 3.42. The van der Waals surface area contributed by atoms with Crippen LogP contribution in [0.3, 0.4) is 0 Å². The number of nitrogens with one attached hydrogen (secondary N) is 1. The standard InChI is InChI=1S/C15H26N4/c1-11(2)14-8-12(3)17-15(18-14)16-9-13-6-5-7-19(4)10-13/h8,11,13H,5-7,9-10H2,1-4H3,(H,16,17,18). The number of nitrogens with zero attached hydrogens (tertiary/aromatic N) is 3. The Balaban J connectivity index is 1.95. The first-order valence-electron chi connectivity index (χ1n) is 7.32. The zero-order valence-electron chi connectivity index (χ0n) is 12.6. The van der Waals surface area contributed by atoms with E-state index in [1.807, 2.05) is 6.92 Å². The van der Waals surface area contributed by atoms with Crippen molar-refractivity contribution in [2.45, 2.75) is 39.5 Å². The molecule has 0 bridgehead atoms. The lowest BCUT2D eigenvalue weighted by Gasteiger charge is -2.29. The summed E-state index contributed by atoms with van der Waals surface area (Å²) in [7, 11) is 2.20. The molecule has 2 heterocycles. The third-order valence-corrected chi connectivity index (χ3v) is 3.74. The molecule has 0 radical (unpaired) electrons. The minimum absolute atomic E-state index is 0.447. The van der Waals surface area contributed by atoms with Gasteiger partial charge in [0.15, 0.2) is 0 Å². The van der Waals surface area contributed by atoms with E-state index in [9.17, 15) is 0 Å². The summed E-state index contributed by atoms with van der Waals surface area (Å²) in [5.74, 6) is 1.95. The second kappa shape index (κ2) is 6.33. The van der Waals surface area contributed by atoms with E-state index in [0.29, 0.717) is 11.8 Å². The average Bonchev–Trinajstić information content (AvgIpc) is 2.36. The highest BCUT2D eigenvalue weighted by Crippen LogP contribution is 2.17. The Hall–Kier alpha value is -1.16. The largest absolute Gasteiger partial charge is 0.354 e. The molecule has 4 heteroatoms. The third-order valence-electron chi connectivity index (χ3n) is 3.74. The van der Waals surface area contributed by atoms with Crippen molar-refractivity contribution in [1.82, 2.24) is 14.9 Å². The first kappa shape index (κ1) is 14.3. The fraction of sp³-hybridized carbons (Fsp3) is 0.733. The van der Waals surface area contributed by atoms with E-state index in [1.165, 1.54) is 25.9 Å². The smallest absolute Gasteiger partial charge is 0.223 e. The van der Waals surface area contributed by atoms with Crippen LogP contribution in [-0.2, 0) is 0 Å². The van der Waals surface area contributed by atoms with Gasteiger partial charge in [-0.25, -0.2) is 9.97 Å². The summed E-state index contributed by atoms with van der Waals surface area (Å²) < 4.78 is 0. The van der Waals surface area contributed by atoms with Gasteiger partial charge in [0.1, 0.15) is 0 Å². The maximum absolute atomic E-state index is 4.60. The Bertz CT molecular complexity index is 417. The van der Waals surface area contributed by atoms with Crippen molar-refractivity contribution in [2.24, 2.45) is 5.92 Å². The van der Waals surface area contributed by atoms with E-state index in [1.54, 1.807) is 0 Å². The number of aromatic nitrogens is 2. The molecule has 1 aliphatic heterocycles. The van der Waals surface area contributed by atoms with Crippen LogP contribution in [0.2, 0.25) is 0 Å². The number of likely N-dealkylation sites (tertiary alicyclic amines) is 1. The van der Waals surface area contributed by atoms with Gasteiger partial charge in [0.25, 0.3) is 0 Å². The van der Waals surface area contributed by atoms with Crippen LogP contribution >= 0.6 is 0 Å². The number of anilines is 1. The van der Waals surface area contributed by atoms with Gasteiger partial charge >= 0.3 is 0 Å². The summed E-state index contributed by atoms with van der Waals surface area (Å²) >= 11 is 0. The number of hydrogen-bond acceptors (Lipinski definition) is 4. The molecule has 1 aromatic heterocycles. The first-order chi connectivity index (χ1) is 9.04. The van der Waals surface area contributed by atoms with Gasteiger partial charge in [-0.15, -0.1) is 0 Å². The molecule has 19 heavy (non-hydrogen) atoms. The molecule has 106 valence electrons. The van der Waals surface area contributed by atoms with E-state index in [-0.39, 0.29) is 0 Å². The van der Waals surface area contributed by atoms with Crippen LogP contribution < -0.4 is 5.32 Å². The Labute approximate surface area is 116 Å². The quantitative estimate of drug-likeness (QED) is 0.905.